The molecule has 0 bridgehead atoms. The lowest BCUT2D eigenvalue weighted by Gasteiger charge is -2.17. The summed E-state index contributed by atoms with van der Waals surface area (Å²) in [6.07, 6.45) is 0. The Hall–Kier alpha value is -0.870. The van der Waals surface area contributed by atoms with Gasteiger partial charge in [0.05, 0.1) is 14.2 Å². The number of benzene rings is 1. The van der Waals surface area contributed by atoms with Crippen LogP contribution in [0.15, 0.2) is 23.1 Å². The topological polar surface area (TPSA) is 38.7 Å². The minimum Gasteiger partial charge on any atom is -0.493 e. The van der Waals surface area contributed by atoms with E-state index in [9.17, 15) is 5.11 Å². The molecule has 0 aliphatic carbocycles. The summed E-state index contributed by atoms with van der Waals surface area (Å²) in [6, 6.07) is 5.57. The van der Waals surface area contributed by atoms with Crippen molar-refractivity contribution < 1.29 is 14.6 Å². The van der Waals surface area contributed by atoms with Crippen LogP contribution in [0.25, 0.3) is 0 Å². The summed E-state index contributed by atoms with van der Waals surface area (Å²) < 4.78 is 10.3. The van der Waals surface area contributed by atoms with Gasteiger partial charge in [-0.25, -0.2) is 0 Å². The molecule has 0 saturated heterocycles. The Morgan fingerprint density at radius 3 is 2.20 bits per heavy atom. The van der Waals surface area contributed by atoms with Crippen LogP contribution in [0.2, 0.25) is 0 Å². The van der Waals surface area contributed by atoms with E-state index in [0.717, 1.165) is 4.90 Å². The maximum absolute atomic E-state index is 9.65. The van der Waals surface area contributed by atoms with Crippen molar-refractivity contribution >= 4 is 11.8 Å². The molecular weight excluding hydrogens is 212 g/mol. The van der Waals surface area contributed by atoms with Gasteiger partial charge >= 0.3 is 0 Å². The van der Waals surface area contributed by atoms with E-state index in [0.29, 0.717) is 11.5 Å². The molecule has 0 saturated carbocycles. The Balaban J connectivity index is 2.93. The van der Waals surface area contributed by atoms with Crippen molar-refractivity contribution in [3.8, 4) is 11.5 Å². The number of rotatable bonds is 4. The lowest BCUT2D eigenvalue weighted by molar-refractivity contribution is 0.179. The van der Waals surface area contributed by atoms with E-state index < -0.39 is 4.93 Å². The molecule has 0 fully saturated rings. The zero-order valence-electron chi connectivity index (χ0n) is 9.40. The van der Waals surface area contributed by atoms with Crippen molar-refractivity contribution in [2.45, 2.75) is 23.7 Å². The Bertz CT molecular complexity index is 331. The van der Waals surface area contributed by atoms with Gasteiger partial charge in [0, 0.05) is 4.90 Å². The fourth-order valence-electron chi connectivity index (χ4n) is 1.17. The minimum absolute atomic E-state index is 0.673. The highest BCUT2D eigenvalue weighted by atomic mass is 32.2. The van der Waals surface area contributed by atoms with E-state index >= 15 is 0 Å². The van der Waals surface area contributed by atoms with Crippen LogP contribution >= 0.6 is 11.8 Å². The lowest BCUT2D eigenvalue weighted by atomic mass is 10.3. The summed E-state index contributed by atoms with van der Waals surface area (Å²) in [5.74, 6) is 1.37. The zero-order chi connectivity index (χ0) is 11.5. The van der Waals surface area contributed by atoms with Crippen LogP contribution in [0, 0.1) is 0 Å². The molecular formula is C11H16O3S. The second kappa shape index (κ2) is 4.77. The van der Waals surface area contributed by atoms with Gasteiger partial charge in [0.25, 0.3) is 0 Å². The van der Waals surface area contributed by atoms with Gasteiger partial charge in [-0.2, -0.15) is 0 Å². The van der Waals surface area contributed by atoms with Crippen molar-refractivity contribution in [1.82, 2.24) is 0 Å². The lowest BCUT2D eigenvalue weighted by Crippen LogP contribution is -2.11. The van der Waals surface area contributed by atoms with Crippen molar-refractivity contribution in [1.29, 1.82) is 0 Å². The summed E-state index contributed by atoms with van der Waals surface area (Å²) in [5, 5.41) is 9.65. The Morgan fingerprint density at radius 2 is 1.73 bits per heavy atom. The van der Waals surface area contributed by atoms with Crippen LogP contribution in [-0.2, 0) is 0 Å². The number of thioether (sulfide) groups is 1. The quantitative estimate of drug-likeness (QED) is 0.635. The van der Waals surface area contributed by atoms with Gasteiger partial charge in [0.2, 0.25) is 0 Å². The fourth-order valence-corrected chi connectivity index (χ4v) is 2.05. The minimum atomic E-state index is -0.792. The van der Waals surface area contributed by atoms with Crippen LogP contribution in [0.4, 0.5) is 0 Å². The average Bonchev–Trinajstić information content (AvgIpc) is 2.15. The first-order valence-corrected chi connectivity index (χ1v) is 5.41. The van der Waals surface area contributed by atoms with Crippen LogP contribution in [0.5, 0.6) is 11.5 Å². The Morgan fingerprint density at radius 1 is 1.13 bits per heavy atom. The maximum Gasteiger partial charge on any atom is 0.161 e. The summed E-state index contributed by atoms with van der Waals surface area (Å²) >= 11 is 1.37. The molecule has 4 heteroatoms. The predicted octanol–water partition coefficient (Wildman–Crippen LogP) is 2.52. The molecule has 0 amide bonds. The molecule has 0 aliphatic heterocycles. The van der Waals surface area contributed by atoms with Crippen LogP contribution in [0.3, 0.4) is 0 Å². The largest absolute Gasteiger partial charge is 0.493 e. The molecule has 0 spiro atoms. The second-order valence-corrected chi connectivity index (χ2v) is 5.24. The molecule has 1 N–H and O–H groups in total. The molecule has 15 heavy (non-hydrogen) atoms. The van der Waals surface area contributed by atoms with Crippen molar-refractivity contribution in [3.63, 3.8) is 0 Å². The van der Waals surface area contributed by atoms with E-state index in [2.05, 4.69) is 0 Å². The van der Waals surface area contributed by atoms with Gasteiger partial charge in [0.15, 0.2) is 11.5 Å². The summed E-state index contributed by atoms with van der Waals surface area (Å²) in [6.45, 7) is 3.49. The summed E-state index contributed by atoms with van der Waals surface area (Å²) in [5.41, 5.74) is 0. The van der Waals surface area contributed by atoms with Crippen LogP contribution in [-0.4, -0.2) is 24.3 Å². The second-order valence-electron chi connectivity index (χ2n) is 3.57. The number of aliphatic hydroxyl groups is 1. The first kappa shape index (κ1) is 12.2. The van der Waals surface area contributed by atoms with Crippen molar-refractivity contribution in [2.24, 2.45) is 0 Å². The number of hydrogen-bond donors (Lipinski definition) is 1. The molecule has 1 rings (SSSR count). The zero-order valence-corrected chi connectivity index (χ0v) is 10.2. The first-order chi connectivity index (χ1) is 6.96. The highest BCUT2D eigenvalue weighted by Gasteiger charge is 2.15. The first-order valence-electron chi connectivity index (χ1n) is 4.59. The standard InChI is InChI=1S/C11H16O3S/c1-11(2,12)15-8-5-6-9(13-3)10(7-8)14-4/h5-7,12H,1-4H3. The van der Waals surface area contributed by atoms with Crippen molar-refractivity contribution in [3.05, 3.63) is 18.2 Å². The highest BCUT2D eigenvalue weighted by Crippen LogP contribution is 2.36. The van der Waals surface area contributed by atoms with Gasteiger partial charge in [-0.3, -0.25) is 0 Å². The molecule has 1 aromatic rings. The SMILES string of the molecule is COc1ccc(SC(C)(C)O)cc1OC. The molecule has 0 aliphatic rings. The van der Waals surface area contributed by atoms with Gasteiger partial charge in [-0.15, -0.1) is 0 Å². The van der Waals surface area contributed by atoms with Gasteiger partial charge < -0.3 is 14.6 Å². The Labute approximate surface area is 94.4 Å². The molecule has 0 unspecified atom stereocenters. The molecule has 0 heterocycles. The number of methoxy groups -OCH3 is 2. The van der Waals surface area contributed by atoms with Crippen molar-refractivity contribution in [2.75, 3.05) is 14.2 Å². The number of hydrogen-bond acceptors (Lipinski definition) is 4. The predicted molar refractivity (Wildman–Crippen MR) is 61.7 cm³/mol. The van der Waals surface area contributed by atoms with Crippen LogP contribution in [0.1, 0.15) is 13.8 Å². The van der Waals surface area contributed by atoms with Gasteiger partial charge in [-0.1, -0.05) is 11.8 Å². The van der Waals surface area contributed by atoms with Gasteiger partial charge in [0.1, 0.15) is 4.93 Å². The molecule has 3 nitrogen and oxygen atoms in total. The summed E-state index contributed by atoms with van der Waals surface area (Å²) in [7, 11) is 3.19. The number of ether oxygens (including phenoxy) is 2. The van der Waals surface area contributed by atoms with E-state index in [-0.39, 0.29) is 0 Å². The normalized spacial score (nSPS) is 11.3. The maximum atomic E-state index is 9.65. The van der Waals surface area contributed by atoms with E-state index in [1.165, 1.54) is 11.8 Å². The highest BCUT2D eigenvalue weighted by molar-refractivity contribution is 8.00. The molecule has 0 radical (unpaired) electrons. The third-order valence-corrected chi connectivity index (χ3v) is 2.71. The van der Waals surface area contributed by atoms with E-state index in [4.69, 9.17) is 9.47 Å². The van der Waals surface area contributed by atoms with E-state index in [1.54, 1.807) is 28.1 Å². The smallest absolute Gasteiger partial charge is 0.161 e. The van der Waals surface area contributed by atoms with E-state index in [1.807, 2.05) is 18.2 Å². The average molecular weight is 228 g/mol. The third-order valence-electron chi connectivity index (χ3n) is 1.72. The molecule has 0 aromatic heterocycles. The summed E-state index contributed by atoms with van der Waals surface area (Å²) in [4.78, 5) is 0.153. The molecule has 0 atom stereocenters. The van der Waals surface area contributed by atoms with Crippen LogP contribution < -0.4 is 9.47 Å². The molecule has 84 valence electrons. The third kappa shape index (κ3) is 3.64. The Kier molecular flexibility index (Phi) is 3.88. The van der Waals surface area contributed by atoms with Gasteiger partial charge in [-0.05, 0) is 32.0 Å². The fraction of sp³-hybridized carbons (Fsp3) is 0.455. The monoisotopic (exact) mass is 228 g/mol. The molecule has 1 aromatic carbocycles.